The largest absolute Gasteiger partial charge is 0.274 e. The van der Waals surface area contributed by atoms with Gasteiger partial charge in [-0.2, -0.15) is 0 Å². The van der Waals surface area contributed by atoms with E-state index in [0.29, 0.717) is 0 Å². The van der Waals surface area contributed by atoms with Crippen LogP contribution >= 0.6 is 0 Å². The molecule has 0 saturated carbocycles. The van der Waals surface area contributed by atoms with Crippen LogP contribution in [0.5, 0.6) is 0 Å². The van der Waals surface area contributed by atoms with Gasteiger partial charge in [-0.3, -0.25) is 0 Å². The summed E-state index contributed by atoms with van der Waals surface area (Å²) < 4.78 is 35.6. The predicted octanol–water partition coefficient (Wildman–Crippen LogP) is 0.231. The van der Waals surface area contributed by atoms with E-state index in [1.165, 1.54) is 10.6 Å². The summed E-state index contributed by atoms with van der Waals surface area (Å²) in [6.45, 7) is -0.702. The van der Waals surface area contributed by atoms with Crippen molar-refractivity contribution < 1.29 is 13.0 Å². The quantitative estimate of drug-likeness (QED) is 0.531. The molecule has 0 aromatic heterocycles. The summed E-state index contributed by atoms with van der Waals surface area (Å²) in [7, 11) is -1.22. The van der Waals surface area contributed by atoms with E-state index in [-0.39, 0.29) is 13.1 Å². The summed E-state index contributed by atoms with van der Waals surface area (Å²) in [5.41, 5.74) is 0. The normalized spacial score (nSPS) is 29.2. The van der Waals surface area contributed by atoms with Crippen LogP contribution in [0.3, 0.4) is 0 Å². The Kier molecular flexibility index (Phi) is 1.56. The number of hydrogen-bond donors (Lipinski definition) is 0. The first-order valence-corrected chi connectivity index (χ1v) is 3.99. The number of alkyl halides is 2. The summed E-state index contributed by atoms with van der Waals surface area (Å²) in [6.07, 6.45) is 1.40. The van der Waals surface area contributed by atoms with Crippen LogP contribution in [0.2, 0.25) is 0 Å². The molecule has 0 spiro atoms. The fraction of sp³-hybridized carbons (Fsp3) is 1.00. The SMILES string of the molecule is CS(=O)N1CC(F)(F)C1. The predicted molar refractivity (Wildman–Crippen MR) is 30.6 cm³/mol. The van der Waals surface area contributed by atoms with Gasteiger partial charge in [0.05, 0.1) is 24.1 Å². The molecule has 1 unspecified atom stereocenters. The van der Waals surface area contributed by atoms with Gasteiger partial charge in [0, 0.05) is 6.26 Å². The third kappa shape index (κ3) is 1.46. The fourth-order valence-corrected chi connectivity index (χ4v) is 1.39. The Morgan fingerprint density at radius 1 is 1.56 bits per heavy atom. The molecule has 2 nitrogen and oxygen atoms in total. The van der Waals surface area contributed by atoms with Crippen LogP contribution in [0.4, 0.5) is 8.78 Å². The van der Waals surface area contributed by atoms with E-state index in [1.807, 2.05) is 0 Å². The zero-order valence-corrected chi connectivity index (χ0v) is 5.75. The second-order valence-electron chi connectivity index (χ2n) is 2.08. The lowest BCUT2D eigenvalue weighted by Gasteiger charge is -2.36. The van der Waals surface area contributed by atoms with Crippen molar-refractivity contribution in [1.29, 1.82) is 0 Å². The minimum absolute atomic E-state index is 0.351. The number of nitrogens with zero attached hydrogens (tertiary/aromatic N) is 1. The Labute approximate surface area is 54.4 Å². The van der Waals surface area contributed by atoms with Gasteiger partial charge in [-0.25, -0.2) is 17.3 Å². The third-order valence-corrected chi connectivity index (χ3v) is 2.16. The van der Waals surface area contributed by atoms with Crippen molar-refractivity contribution in [2.45, 2.75) is 5.92 Å². The summed E-state index contributed by atoms with van der Waals surface area (Å²) in [5, 5.41) is 0. The van der Waals surface area contributed by atoms with E-state index in [1.54, 1.807) is 0 Å². The molecule has 0 radical (unpaired) electrons. The maximum atomic E-state index is 12.0. The monoisotopic (exact) mass is 155 g/mol. The van der Waals surface area contributed by atoms with Crippen LogP contribution in [0.25, 0.3) is 0 Å². The van der Waals surface area contributed by atoms with E-state index in [4.69, 9.17) is 0 Å². The highest BCUT2D eigenvalue weighted by Crippen LogP contribution is 2.26. The molecule has 0 N–H and O–H groups in total. The summed E-state index contributed by atoms with van der Waals surface area (Å²) >= 11 is 0. The molecule has 1 rings (SSSR count). The van der Waals surface area contributed by atoms with Crippen molar-refractivity contribution in [3.8, 4) is 0 Å². The van der Waals surface area contributed by atoms with Crippen LogP contribution in [0, 0.1) is 0 Å². The Balaban J connectivity index is 2.35. The highest BCUT2D eigenvalue weighted by atomic mass is 32.2. The molecule has 54 valence electrons. The molecule has 0 bridgehead atoms. The van der Waals surface area contributed by atoms with Gasteiger partial charge in [-0.05, 0) is 0 Å². The summed E-state index contributed by atoms with van der Waals surface area (Å²) in [5.74, 6) is -2.59. The molecule has 1 aliphatic rings. The highest BCUT2D eigenvalue weighted by molar-refractivity contribution is 7.81. The van der Waals surface area contributed by atoms with Gasteiger partial charge in [0.2, 0.25) is 0 Å². The molecule has 0 aliphatic carbocycles. The van der Waals surface area contributed by atoms with Crippen molar-refractivity contribution >= 4 is 11.0 Å². The maximum Gasteiger partial charge on any atom is 0.274 e. The topological polar surface area (TPSA) is 20.3 Å². The van der Waals surface area contributed by atoms with Gasteiger partial charge >= 0.3 is 0 Å². The Morgan fingerprint density at radius 2 is 2.00 bits per heavy atom. The minimum atomic E-state index is -2.59. The van der Waals surface area contributed by atoms with Gasteiger partial charge in [-0.1, -0.05) is 0 Å². The van der Waals surface area contributed by atoms with Crippen LogP contribution < -0.4 is 0 Å². The van der Waals surface area contributed by atoms with Crippen molar-refractivity contribution in [3.05, 3.63) is 0 Å². The number of halogens is 2. The van der Waals surface area contributed by atoms with Crippen LogP contribution in [-0.2, 0) is 11.0 Å². The Bertz CT molecular complexity index is 142. The van der Waals surface area contributed by atoms with Gasteiger partial charge in [-0.15, -0.1) is 0 Å². The number of hydrogen-bond acceptors (Lipinski definition) is 1. The second kappa shape index (κ2) is 1.98. The average molecular weight is 155 g/mol. The second-order valence-corrected chi connectivity index (χ2v) is 3.44. The molecular formula is C4H7F2NOS. The fourth-order valence-electron chi connectivity index (χ4n) is 0.652. The van der Waals surface area contributed by atoms with Gasteiger partial charge in [0.25, 0.3) is 5.92 Å². The standard InChI is InChI=1S/C4H7F2NOS/c1-9(8)7-2-4(5,6)3-7/h2-3H2,1H3. The van der Waals surface area contributed by atoms with Crippen LogP contribution in [-0.4, -0.2) is 33.8 Å². The molecule has 1 saturated heterocycles. The maximum absolute atomic E-state index is 12.0. The molecular weight excluding hydrogens is 148 g/mol. The zero-order chi connectivity index (χ0) is 7.07. The van der Waals surface area contributed by atoms with Crippen molar-refractivity contribution in [2.75, 3.05) is 19.3 Å². The molecule has 5 heteroatoms. The van der Waals surface area contributed by atoms with Crippen LogP contribution in [0.1, 0.15) is 0 Å². The smallest absolute Gasteiger partial charge is 0.243 e. The zero-order valence-electron chi connectivity index (χ0n) is 4.93. The summed E-state index contributed by atoms with van der Waals surface area (Å²) in [4.78, 5) is 0. The highest BCUT2D eigenvalue weighted by Gasteiger charge is 2.45. The third-order valence-electron chi connectivity index (χ3n) is 1.18. The lowest BCUT2D eigenvalue weighted by Crippen LogP contribution is -2.56. The number of rotatable bonds is 1. The average Bonchev–Trinajstić information content (AvgIpc) is 1.59. The van der Waals surface area contributed by atoms with E-state index in [0.717, 1.165) is 0 Å². The minimum Gasteiger partial charge on any atom is -0.243 e. The lowest BCUT2D eigenvalue weighted by atomic mass is 10.2. The van der Waals surface area contributed by atoms with Crippen molar-refractivity contribution in [2.24, 2.45) is 0 Å². The molecule has 0 aromatic carbocycles. The van der Waals surface area contributed by atoms with Crippen molar-refractivity contribution in [3.63, 3.8) is 0 Å². The van der Waals surface area contributed by atoms with E-state index < -0.39 is 16.9 Å². The first-order chi connectivity index (χ1) is 4.01. The van der Waals surface area contributed by atoms with Gasteiger partial charge in [0.1, 0.15) is 0 Å². The van der Waals surface area contributed by atoms with E-state index >= 15 is 0 Å². The molecule has 1 fully saturated rings. The Morgan fingerprint density at radius 3 is 2.11 bits per heavy atom. The van der Waals surface area contributed by atoms with E-state index in [2.05, 4.69) is 0 Å². The first-order valence-electron chi connectivity index (χ1n) is 2.48. The molecule has 0 aromatic rings. The molecule has 9 heavy (non-hydrogen) atoms. The van der Waals surface area contributed by atoms with E-state index in [9.17, 15) is 13.0 Å². The molecule has 1 aliphatic heterocycles. The molecule has 0 amide bonds. The first kappa shape index (κ1) is 7.08. The van der Waals surface area contributed by atoms with Gasteiger partial charge < -0.3 is 0 Å². The lowest BCUT2D eigenvalue weighted by molar-refractivity contribution is -0.0924. The Hall–Kier alpha value is -0.0300. The molecule has 1 atom stereocenters. The van der Waals surface area contributed by atoms with Crippen molar-refractivity contribution in [1.82, 2.24) is 4.31 Å². The molecule has 1 heterocycles. The summed E-state index contributed by atoms with van der Waals surface area (Å²) in [6, 6.07) is 0. The van der Waals surface area contributed by atoms with Crippen LogP contribution in [0.15, 0.2) is 0 Å². The van der Waals surface area contributed by atoms with Gasteiger partial charge in [0.15, 0.2) is 0 Å².